The number of nitrogens with one attached hydrogen (secondary N) is 1. The maximum Gasteiger partial charge on any atom is 0.348 e. The fourth-order valence-electron chi connectivity index (χ4n) is 2.42. The summed E-state index contributed by atoms with van der Waals surface area (Å²) in [5.41, 5.74) is 0.858. The van der Waals surface area contributed by atoms with Crippen molar-refractivity contribution in [3.05, 3.63) is 32.3 Å². The van der Waals surface area contributed by atoms with Gasteiger partial charge in [-0.15, -0.1) is 22.7 Å². The van der Waals surface area contributed by atoms with E-state index in [2.05, 4.69) is 20.3 Å². The molecule has 0 saturated heterocycles. The summed E-state index contributed by atoms with van der Waals surface area (Å²) < 4.78 is 5.14. The first-order chi connectivity index (χ1) is 11.5. The van der Waals surface area contributed by atoms with Crippen LogP contribution < -0.4 is 5.32 Å². The average molecular weight is 362 g/mol. The van der Waals surface area contributed by atoms with Crippen molar-refractivity contribution >= 4 is 44.7 Å². The molecular weight excluding hydrogens is 344 g/mol. The zero-order valence-electron chi connectivity index (χ0n) is 14.0. The minimum Gasteiger partial charge on any atom is -0.462 e. The lowest BCUT2D eigenvalue weighted by Crippen LogP contribution is -2.05. The van der Waals surface area contributed by atoms with E-state index in [9.17, 15) is 4.79 Å². The highest BCUT2D eigenvalue weighted by Gasteiger charge is 2.20. The van der Waals surface area contributed by atoms with E-state index in [-0.39, 0.29) is 5.97 Å². The lowest BCUT2D eigenvalue weighted by Gasteiger charge is -2.07. The number of thiophene rings is 1. The van der Waals surface area contributed by atoms with Crippen LogP contribution in [0.15, 0.2) is 6.20 Å². The molecule has 24 heavy (non-hydrogen) atoms. The van der Waals surface area contributed by atoms with Crippen LogP contribution in [0, 0.1) is 20.8 Å². The molecule has 3 aromatic rings. The Bertz CT molecular complexity index is 901. The van der Waals surface area contributed by atoms with Crippen molar-refractivity contribution in [3.63, 3.8) is 0 Å². The van der Waals surface area contributed by atoms with E-state index < -0.39 is 0 Å². The summed E-state index contributed by atoms with van der Waals surface area (Å²) in [5, 5.41) is 5.28. The van der Waals surface area contributed by atoms with E-state index in [0.29, 0.717) is 23.9 Å². The average Bonchev–Trinajstić information content (AvgIpc) is 3.09. The standard InChI is InChI=1S/C16H18N4O2S2/c1-5-22-16(21)13-8(2)12-14(19-9(3)20-15(12)24-13)18-7-11-6-17-10(4)23-11/h6H,5,7H2,1-4H3,(H,18,19,20). The fourth-order valence-corrected chi connectivity index (χ4v) is 4.28. The number of rotatable bonds is 5. The van der Waals surface area contributed by atoms with E-state index in [1.807, 2.05) is 27.0 Å². The van der Waals surface area contributed by atoms with E-state index in [1.54, 1.807) is 18.3 Å². The third kappa shape index (κ3) is 3.25. The Kier molecular flexibility index (Phi) is 4.77. The zero-order chi connectivity index (χ0) is 17.3. The van der Waals surface area contributed by atoms with Gasteiger partial charge < -0.3 is 10.1 Å². The van der Waals surface area contributed by atoms with Gasteiger partial charge in [0.1, 0.15) is 21.3 Å². The monoisotopic (exact) mass is 362 g/mol. The predicted molar refractivity (Wildman–Crippen MR) is 97.0 cm³/mol. The van der Waals surface area contributed by atoms with Gasteiger partial charge in [-0.25, -0.2) is 19.7 Å². The van der Waals surface area contributed by atoms with Gasteiger partial charge in [0.25, 0.3) is 0 Å². The smallest absolute Gasteiger partial charge is 0.348 e. The van der Waals surface area contributed by atoms with Gasteiger partial charge >= 0.3 is 5.97 Å². The van der Waals surface area contributed by atoms with Crippen molar-refractivity contribution < 1.29 is 9.53 Å². The molecule has 0 spiro atoms. The topological polar surface area (TPSA) is 77.0 Å². The molecule has 0 aliphatic heterocycles. The number of nitrogens with zero attached hydrogens (tertiary/aromatic N) is 3. The summed E-state index contributed by atoms with van der Waals surface area (Å²) >= 11 is 3.00. The second kappa shape index (κ2) is 6.82. The van der Waals surface area contributed by atoms with Gasteiger partial charge in [-0.1, -0.05) is 0 Å². The lowest BCUT2D eigenvalue weighted by molar-refractivity contribution is 0.0531. The fraction of sp³-hybridized carbons (Fsp3) is 0.375. The first-order valence-corrected chi connectivity index (χ1v) is 9.23. The van der Waals surface area contributed by atoms with Gasteiger partial charge in [0, 0.05) is 11.1 Å². The van der Waals surface area contributed by atoms with Crippen LogP contribution in [-0.2, 0) is 11.3 Å². The van der Waals surface area contributed by atoms with Crippen LogP contribution in [0.1, 0.15) is 37.9 Å². The number of aromatic nitrogens is 3. The summed E-state index contributed by atoms with van der Waals surface area (Å²) in [7, 11) is 0. The summed E-state index contributed by atoms with van der Waals surface area (Å²) in [6.45, 7) is 8.53. The number of carbonyl (C=O) groups is 1. The van der Waals surface area contributed by atoms with E-state index >= 15 is 0 Å². The number of thiazole rings is 1. The van der Waals surface area contributed by atoms with Crippen LogP contribution in [0.4, 0.5) is 5.82 Å². The number of hydrogen-bond acceptors (Lipinski definition) is 8. The van der Waals surface area contributed by atoms with Crippen LogP contribution in [0.3, 0.4) is 0 Å². The Balaban J connectivity index is 1.98. The Labute approximate surface area is 147 Å². The third-order valence-corrected chi connectivity index (χ3v) is 5.54. The van der Waals surface area contributed by atoms with Crippen molar-refractivity contribution in [2.45, 2.75) is 34.2 Å². The number of hydrogen-bond donors (Lipinski definition) is 1. The Hall–Kier alpha value is -2.06. The van der Waals surface area contributed by atoms with Crippen molar-refractivity contribution in [1.29, 1.82) is 0 Å². The number of anilines is 1. The van der Waals surface area contributed by atoms with E-state index in [1.165, 1.54) is 11.3 Å². The maximum absolute atomic E-state index is 12.1. The predicted octanol–water partition coefficient (Wildman–Crippen LogP) is 3.86. The van der Waals surface area contributed by atoms with Crippen LogP contribution in [-0.4, -0.2) is 27.5 Å². The Morgan fingerprint density at radius 3 is 2.71 bits per heavy atom. The minimum atomic E-state index is -0.306. The SMILES string of the molecule is CCOC(=O)c1sc2nc(C)nc(NCc3cnc(C)s3)c2c1C. The second-order valence-electron chi connectivity index (χ2n) is 5.28. The zero-order valence-corrected chi connectivity index (χ0v) is 15.6. The Morgan fingerprint density at radius 1 is 1.25 bits per heavy atom. The Morgan fingerprint density at radius 2 is 2.04 bits per heavy atom. The summed E-state index contributed by atoms with van der Waals surface area (Å²) in [6, 6.07) is 0. The molecule has 0 aliphatic carbocycles. The number of esters is 1. The molecule has 3 aromatic heterocycles. The molecule has 0 atom stereocenters. The van der Waals surface area contributed by atoms with Crippen LogP contribution in [0.5, 0.6) is 0 Å². The molecule has 3 heterocycles. The number of ether oxygens (including phenoxy) is 1. The van der Waals surface area contributed by atoms with Crippen molar-refractivity contribution in [3.8, 4) is 0 Å². The van der Waals surface area contributed by atoms with Crippen molar-refractivity contribution in [2.24, 2.45) is 0 Å². The molecule has 1 N–H and O–H groups in total. The summed E-state index contributed by atoms with van der Waals surface area (Å²) in [4.78, 5) is 27.9. The molecule has 0 unspecified atom stereocenters. The molecule has 0 aromatic carbocycles. The van der Waals surface area contributed by atoms with Crippen molar-refractivity contribution in [2.75, 3.05) is 11.9 Å². The minimum absolute atomic E-state index is 0.306. The maximum atomic E-state index is 12.1. The summed E-state index contributed by atoms with van der Waals surface area (Å²) in [5.74, 6) is 1.11. The van der Waals surface area contributed by atoms with Gasteiger partial charge in [-0.05, 0) is 33.3 Å². The quantitative estimate of drug-likeness (QED) is 0.695. The van der Waals surface area contributed by atoms with Crippen LogP contribution >= 0.6 is 22.7 Å². The molecule has 0 aliphatic rings. The largest absolute Gasteiger partial charge is 0.462 e. The van der Waals surface area contributed by atoms with Crippen molar-refractivity contribution in [1.82, 2.24) is 15.0 Å². The molecule has 8 heteroatoms. The first-order valence-electron chi connectivity index (χ1n) is 7.59. The molecule has 3 rings (SSSR count). The second-order valence-corrected chi connectivity index (χ2v) is 7.59. The molecule has 0 saturated carbocycles. The van der Waals surface area contributed by atoms with E-state index in [4.69, 9.17) is 4.74 Å². The molecule has 126 valence electrons. The van der Waals surface area contributed by atoms with Gasteiger partial charge in [0.2, 0.25) is 0 Å². The van der Waals surface area contributed by atoms with Gasteiger partial charge in [-0.2, -0.15) is 0 Å². The van der Waals surface area contributed by atoms with Gasteiger partial charge in [-0.3, -0.25) is 0 Å². The van der Waals surface area contributed by atoms with Gasteiger partial charge in [0.05, 0.1) is 23.5 Å². The number of carbonyl (C=O) groups excluding carboxylic acids is 1. The van der Waals surface area contributed by atoms with E-state index in [0.717, 1.165) is 31.5 Å². The van der Waals surface area contributed by atoms with Gasteiger partial charge in [0.15, 0.2) is 0 Å². The highest BCUT2D eigenvalue weighted by atomic mass is 32.1. The molecule has 6 nitrogen and oxygen atoms in total. The lowest BCUT2D eigenvalue weighted by atomic mass is 10.2. The molecule has 0 fully saturated rings. The summed E-state index contributed by atoms with van der Waals surface area (Å²) in [6.07, 6.45) is 1.86. The highest BCUT2D eigenvalue weighted by Crippen LogP contribution is 2.34. The number of fused-ring (bicyclic) bond motifs is 1. The molecule has 0 amide bonds. The van der Waals surface area contributed by atoms with Crippen LogP contribution in [0.2, 0.25) is 0 Å². The third-order valence-electron chi connectivity index (χ3n) is 3.46. The normalized spacial score (nSPS) is 11.0. The first kappa shape index (κ1) is 16.8. The highest BCUT2D eigenvalue weighted by molar-refractivity contribution is 7.20. The molecule has 0 radical (unpaired) electrons. The molecule has 0 bridgehead atoms. The van der Waals surface area contributed by atoms with Crippen LogP contribution in [0.25, 0.3) is 10.2 Å². The molecular formula is C16H18N4O2S2. The number of aryl methyl sites for hydroxylation is 3.